The van der Waals surface area contributed by atoms with E-state index in [9.17, 15) is 19.5 Å². The van der Waals surface area contributed by atoms with Crippen LogP contribution in [0.4, 0.5) is 15.3 Å². The molecule has 2 rings (SSSR count). The van der Waals surface area contributed by atoms with Gasteiger partial charge in [0.1, 0.15) is 5.60 Å². The van der Waals surface area contributed by atoms with Crippen LogP contribution in [-0.4, -0.2) is 64.8 Å². The van der Waals surface area contributed by atoms with E-state index < -0.39 is 17.7 Å². The van der Waals surface area contributed by atoms with Crippen molar-refractivity contribution >= 4 is 23.8 Å². The van der Waals surface area contributed by atoms with E-state index in [2.05, 4.69) is 5.32 Å². The van der Waals surface area contributed by atoms with Crippen LogP contribution in [0.1, 0.15) is 36.7 Å². The molecule has 8 nitrogen and oxygen atoms in total. The molecule has 1 saturated heterocycles. The fourth-order valence-electron chi connectivity index (χ4n) is 2.56. The minimum Gasteiger partial charge on any atom is -0.478 e. The minimum absolute atomic E-state index is 0.0470. The second-order valence-electron chi connectivity index (χ2n) is 7.24. The Morgan fingerprint density at radius 3 is 2.19 bits per heavy atom. The number of ether oxygens (including phenoxy) is 1. The zero-order chi connectivity index (χ0) is 19.5. The summed E-state index contributed by atoms with van der Waals surface area (Å²) in [6.45, 7) is 8.61. The monoisotopic (exact) mass is 363 g/mol. The molecule has 1 aromatic carbocycles. The summed E-state index contributed by atoms with van der Waals surface area (Å²) < 4.78 is 5.32. The third kappa shape index (κ3) is 5.11. The standard InChI is InChI=1S/C18H25N3O5/c1-12-5-6-14(13(11-12)15(22)23)19-16(24)20-7-9-21(10-8-20)17(25)26-18(2,3)4/h5-6,11H,7-10H2,1-4H3,(H,19,24)(H,22,23). The Bertz CT molecular complexity index is 703. The molecule has 1 fully saturated rings. The summed E-state index contributed by atoms with van der Waals surface area (Å²) in [6, 6.07) is 4.44. The summed E-state index contributed by atoms with van der Waals surface area (Å²) in [6.07, 6.45) is -0.399. The van der Waals surface area contributed by atoms with Gasteiger partial charge in [0.2, 0.25) is 0 Å². The fourth-order valence-corrected chi connectivity index (χ4v) is 2.56. The number of hydrogen-bond acceptors (Lipinski definition) is 4. The third-order valence-electron chi connectivity index (χ3n) is 3.87. The zero-order valence-electron chi connectivity index (χ0n) is 15.5. The van der Waals surface area contributed by atoms with Gasteiger partial charge < -0.3 is 25.0 Å². The number of carboxylic acid groups (broad SMARTS) is 1. The van der Waals surface area contributed by atoms with E-state index in [1.165, 1.54) is 6.07 Å². The van der Waals surface area contributed by atoms with Gasteiger partial charge in [-0.25, -0.2) is 14.4 Å². The number of amides is 3. The number of benzene rings is 1. The van der Waals surface area contributed by atoms with Gasteiger partial charge in [0.25, 0.3) is 0 Å². The number of carboxylic acids is 1. The first kappa shape index (κ1) is 19.6. The largest absolute Gasteiger partial charge is 0.478 e. The molecule has 8 heteroatoms. The molecular formula is C18H25N3O5. The second-order valence-corrected chi connectivity index (χ2v) is 7.24. The molecule has 0 saturated carbocycles. The zero-order valence-corrected chi connectivity index (χ0v) is 15.5. The molecule has 26 heavy (non-hydrogen) atoms. The summed E-state index contributed by atoms with van der Waals surface area (Å²) in [7, 11) is 0. The summed E-state index contributed by atoms with van der Waals surface area (Å²) in [5.41, 5.74) is 0.532. The molecule has 0 atom stereocenters. The number of rotatable bonds is 2. The van der Waals surface area contributed by atoms with Gasteiger partial charge in [-0.05, 0) is 39.8 Å². The minimum atomic E-state index is -1.10. The van der Waals surface area contributed by atoms with Crippen molar-refractivity contribution in [2.24, 2.45) is 0 Å². The highest BCUT2D eigenvalue weighted by Gasteiger charge is 2.28. The number of nitrogens with zero attached hydrogens (tertiary/aromatic N) is 2. The molecule has 142 valence electrons. The van der Waals surface area contributed by atoms with Gasteiger partial charge in [-0.15, -0.1) is 0 Å². The maximum absolute atomic E-state index is 12.4. The summed E-state index contributed by atoms with van der Waals surface area (Å²) >= 11 is 0. The Balaban J connectivity index is 1.95. The van der Waals surface area contributed by atoms with Crippen LogP contribution in [0.25, 0.3) is 0 Å². The van der Waals surface area contributed by atoms with Crippen molar-refractivity contribution in [3.05, 3.63) is 29.3 Å². The van der Waals surface area contributed by atoms with E-state index in [0.717, 1.165) is 5.56 Å². The number of aromatic carboxylic acids is 1. The van der Waals surface area contributed by atoms with Crippen LogP contribution in [0.15, 0.2) is 18.2 Å². The number of nitrogens with one attached hydrogen (secondary N) is 1. The fraction of sp³-hybridized carbons (Fsp3) is 0.500. The van der Waals surface area contributed by atoms with E-state index in [1.807, 2.05) is 0 Å². The highest BCUT2D eigenvalue weighted by molar-refractivity contribution is 6.00. The molecule has 1 aliphatic rings. The van der Waals surface area contributed by atoms with Crippen molar-refractivity contribution in [1.82, 2.24) is 9.80 Å². The number of anilines is 1. The van der Waals surface area contributed by atoms with Gasteiger partial charge in [-0.3, -0.25) is 0 Å². The Morgan fingerprint density at radius 1 is 1.08 bits per heavy atom. The lowest BCUT2D eigenvalue weighted by Gasteiger charge is -2.35. The maximum Gasteiger partial charge on any atom is 0.410 e. The van der Waals surface area contributed by atoms with Crippen LogP contribution >= 0.6 is 0 Å². The number of carbonyl (C=O) groups excluding carboxylic acids is 2. The van der Waals surface area contributed by atoms with Crippen LogP contribution in [0, 0.1) is 6.92 Å². The molecule has 0 unspecified atom stereocenters. The van der Waals surface area contributed by atoms with Crippen LogP contribution in [0.2, 0.25) is 0 Å². The van der Waals surface area contributed by atoms with Crippen LogP contribution in [0.5, 0.6) is 0 Å². The van der Waals surface area contributed by atoms with E-state index in [4.69, 9.17) is 4.74 Å². The Morgan fingerprint density at radius 2 is 1.65 bits per heavy atom. The first-order chi connectivity index (χ1) is 12.1. The van der Waals surface area contributed by atoms with Crippen molar-refractivity contribution in [2.75, 3.05) is 31.5 Å². The molecule has 3 amide bonds. The van der Waals surface area contributed by atoms with Crippen molar-refractivity contribution in [1.29, 1.82) is 0 Å². The quantitative estimate of drug-likeness (QED) is 0.842. The van der Waals surface area contributed by atoms with Gasteiger partial charge in [-0.2, -0.15) is 0 Å². The Hall–Kier alpha value is -2.77. The third-order valence-corrected chi connectivity index (χ3v) is 3.87. The molecule has 0 radical (unpaired) electrons. The van der Waals surface area contributed by atoms with Crippen molar-refractivity contribution < 1.29 is 24.2 Å². The maximum atomic E-state index is 12.4. The average molecular weight is 363 g/mol. The molecule has 1 heterocycles. The van der Waals surface area contributed by atoms with Crippen LogP contribution in [-0.2, 0) is 4.74 Å². The molecule has 0 spiro atoms. The molecule has 0 aliphatic carbocycles. The van der Waals surface area contributed by atoms with Gasteiger partial charge in [0, 0.05) is 26.2 Å². The van der Waals surface area contributed by atoms with Crippen molar-refractivity contribution in [2.45, 2.75) is 33.3 Å². The molecule has 0 aromatic heterocycles. The topological polar surface area (TPSA) is 99.2 Å². The predicted octanol–water partition coefficient (Wildman–Crippen LogP) is 2.78. The number of carbonyl (C=O) groups is 3. The smallest absolute Gasteiger partial charge is 0.410 e. The normalized spacial score (nSPS) is 14.8. The predicted molar refractivity (Wildman–Crippen MR) is 96.5 cm³/mol. The van der Waals surface area contributed by atoms with E-state index in [0.29, 0.717) is 26.2 Å². The van der Waals surface area contributed by atoms with Crippen LogP contribution < -0.4 is 5.32 Å². The van der Waals surface area contributed by atoms with Crippen molar-refractivity contribution in [3.8, 4) is 0 Å². The Labute approximate surface area is 152 Å². The molecule has 0 bridgehead atoms. The van der Waals surface area contributed by atoms with Gasteiger partial charge in [0.15, 0.2) is 0 Å². The molecule has 2 N–H and O–H groups in total. The van der Waals surface area contributed by atoms with Gasteiger partial charge in [0.05, 0.1) is 11.3 Å². The lowest BCUT2D eigenvalue weighted by Crippen LogP contribution is -2.52. The van der Waals surface area contributed by atoms with Gasteiger partial charge >= 0.3 is 18.1 Å². The van der Waals surface area contributed by atoms with Crippen molar-refractivity contribution in [3.63, 3.8) is 0 Å². The number of aryl methyl sites for hydroxylation is 1. The summed E-state index contributed by atoms with van der Waals surface area (Å²) in [4.78, 5) is 38.9. The van der Waals surface area contributed by atoms with Gasteiger partial charge in [-0.1, -0.05) is 11.6 Å². The van der Waals surface area contributed by atoms with Crippen LogP contribution in [0.3, 0.4) is 0 Å². The number of urea groups is 1. The Kier molecular flexibility index (Phi) is 5.74. The lowest BCUT2D eigenvalue weighted by molar-refractivity contribution is 0.0174. The SMILES string of the molecule is Cc1ccc(NC(=O)N2CCN(C(=O)OC(C)(C)C)CC2)c(C(=O)O)c1. The lowest BCUT2D eigenvalue weighted by atomic mass is 10.1. The highest BCUT2D eigenvalue weighted by Crippen LogP contribution is 2.19. The first-order valence-electron chi connectivity index (χ1n) is 8.44. The molecular weight excluding hydrogens is 338 g/mol. The number of hydrogen-bond donors (Lipinski definition) is 2. The first-order valence-corrected chi connectivity index (χ1v) is 8.44. The molecule has 1 aliphatic heterocycles. The summed E-state index contributed by atoms with van der Waals surface area (Å²) in [5.74, 6) is -1.10. The van der Waals surface area contributed by atoms with E-state index >= 15 is 0 Å². The van der Waals surface area contributed by atoms with E-state index in [-0.39, 0.29) is 17.3 Å². The average Bonchev–Trinajstić information content (AvgIpc) is 2.54. The molecule has 1 aromatic rings. The second kappa shape index (κ2) is 7.63. The highest BCUT2D eigenvalue weighted by atomic mass is 16.6. The van der Waals surface area contributed by atoms with E-state index in [1.54, 1.807) is 49.6 Å². The number of piperazine rings is 1. The summed E-state index contributed by atoms with van der Waals surface area (Å²) in [5, 5.41) is 11.9.